The van der Waals surface area contributed by atoms with Gasteiger partial charge in [-0.2, -0.15) is 5.10 Å². The second kappa shape index (κ2) is 6.37. The van der Waals surface area contributed by atoms with E-state index in [2.05, 4.69) is 20.5 Å². The number of rotatable bonds is 8. The summed E-state index contributed by atoms with van der Waals surface area (Å²) in [5.74, 6) is 0. The number of ether oxygens (including phenoxy) is 1. The molecule has 2 aromatic heterocycles. The quantitative estimate of drug-likeness (QED) is 0.782. The molecule has 21 heavy (non-hydrogen) atoms. The molecular formula is C16H22N4O. The Bertz CT molecular complexity index is 563. The fraction of sp³-hybridized carbons (Fsp3) is 0.500. The van der Waals surface area contributed by atoms with Gasteiger partial charge in [-0.05, 0) is 36.8 Å². The molecule has 0 aromatic carbocycles. The van der Waals surface area contributed by atoms with Crippen molar-refractivity contribution < 1.29 is 4.74 Å². The molecule has 0 amide bonds. The van der Waals surface area contributed by atoms with Crippen LogP contribution in [0.15, 0.2) is 30.7 Å². The molecule has 2 N–H and O–H groups in total. The normalized spacial score (nSPS) is 16.0. The lowest BCUT2D eigenvalue weighted by atomic mass is 10.0. The molecule has 2 heterocycles. The number of aromatic amines is 1. The first-order valence-electron chi connectivity index (χ1n) is 7.45. The predicted octanol–water partition coefficient (Wildman–Crippen LogP) is 2.38. The minimum absolute atomic E-state index is 0.466. The van der Waals surface area contributed by atoms with Gasteiger partial charge in [0, 0.05) is 50.3 Å². The Morgan fingerprint density at radius 1 is 1.38 bits per heavy atom. The first-order chi connectivity index (χ1) is 10.3. The molecule has 1 saturated carbocycles. The van der Waals surface area contributed by atoms with Gasteiger partial charge in [-0.1, -0.05) is 0 Å². The van der Waals surface area contributed by atoms with Gasteiger partial charge in [-0.15, -0.1) is 0 Å². The molecule has 0 atom stereocenters. The van der Waals surface area contributed by atoms with Crippen LogP contribution in [0, 0.1) is 5.41 Å². The number of nitrogens with one attached hydrogen (secondary N) is 2. The maximum atomic E-state index is 5.20. The summed E-state index contributed by atoms with van der Waals surface area (Å²) in [6.45, 7) is 2.73. The number of pyridine rings is 1. The van der Waals surface area contributed by atoms with Gasteiger partial charge in [-0.25, -0.2) is 0 Å². The number of nitrogens with zero attached hydrogens (tertiary/aromatic N) is 2. The highest BCUT2D eigenvalue weighted by atomic mass is 16.5. The van der Waals surface area contributed by atoms with Crippen LogP contribution < -0.4 is 5.32 Å². The van der Waals surface area contributed by atoms with Gasteiger partial charge in [0.25, 0.3) is 0 Å². The molecular weight excluding hydrogens is 264 g/mol. The van der Waals surface area contributed by atoms with Crippen LogP contribution in [0.5, 0.6) is 0 Å². The number of H-pyrrole nitrogens is 1. The lowest BCUT2D eigenvalue weighted by molar-refractivity contribution is 0.171. The van der Waals surface area contributed by atoms with E-state index in [4.69, 9.17) is 4.74 Å². The van der Waals surface area contributed by atoms with E-state index in [-0.39, 0.29) is 0 Å². The molecule has 1 aliphatic carbocycles. The molecule has 112 valence electrons. The number of aromatic nitrogens is 3. The highest BCUT2D eigenvalue weighted by Crippen LogP contribution is 2.48. The van der Waals surface area contributed by atoms with E-state index in [1.165, 1.54) is 18.4 Å². The first-order valence-corrected chi connectivity index (χ1v) is 7.45. The van der Waals surface area contributed by atoms with Gasteiger partial charge < -0.3 is 10.1 Å². The van der Waals surface area contributed by atoms with Gasteiger partial charge in [0.2, 0.25) is 0 Å². The molecule has 0 radical (unpaired) electrons. The highest BCUT2D eigenvalue weighted by Gasteiger charge is 2.41. The molecule has 2 aromatic rings. The van der Waals surface area contributed by atoms with Crippen LogP contribution in [0.4, 0.5) is 0 Å². The molecule has 0 saturated heterocycles. The topological polar surface area (TPSA) is 62.8 Å². The summed E-state index contributed by atoms with van der Waals surface area (Å²) in [5, 5.41) is 10.8. The molecule has 1 fully saturated rings. The Kier molecular flexibility index (Phi) is 4.31. The predicted molar refractivity (Wildman–Crippen MR) is 81.7 cm³/mol. The van der Waals surface area contributed by atoms with Crippen molar-refractivity contribution in [2.45, 2.75) is 25.8 Å². The number of methoxy groups -OCH3 is 1. The molecule has 5 heteroatoms. The van der Waals surface area contributed by atoms with Crippen molar-refractivity contribution in [3.63, 3.8) is 0 Å². The summed E-state index contributed by atoms with van der Waals surface area (Å²) in [6, 6.07) is 3.99. The van der Waals surface area contributed by atoms with E-state index in [0.717, 1.165) is 37.4 Å². The highest BCUT2D eigenvalue weighted by molar-refractivity contribution is 5.61. The van der Waals surface area contributed by atoms with Crippen LogP contribution >= 0.6 is 0 Å². The summed E-state index contributed by atoms with van der Waals surface area (Å²) in [5.41, 5.74) is 3.78. The van der Waals surface area contributed by atoms with Gasteiger partial charge in [0.15, 0.2) is 0 Å². The van der Waals surface area contributed by atoms with E-state index in [9.17, 15) is 0 Å². The molecule has 0 aliphatic heterocycles. The third-order valence-electron chi connectivity index (χ3n) is 4.28. The van der Waals surface area contributed by atoms with Crippen molar-refractivity contribution in [2.75, 3.05) is 20.3 Å². The molecule has 0 bridgehead atoms. The first kappa shape index (κ1) is 14.2. The van der Waals surface area contributed by atoms with Crippen molar-refractivity contribution in [1.82, 2.24) is 20.5 Å². The standard InChI is InChI=1S/C16H22N4O/c1-21-8-6-16(4-5-16)12-18-10-14-11-19-20-15(14)13-3-2-7-17-9-13/h2-3,7,9,11,18H,4-6,8,10,12H2,1H3,(H,19,20). The second-order valence-corrected chi connectivity index (χ2v) is 5.86. The molecule has 1 aliphatic rings. The Hall–Kier alpha value is -1.72. The van der Waals surface area contributed by atoms with E-state index in [1.807, 2.05) is 24.5 Å². The maximum Gasteiger partial charge on any atom is 0.0710 e. The Labute approximate surface area is 125 Å². The molecule has 3 rings (SSSR count). The third kappa shape index (κ3) is 3.49. The van der Waals surface area contributed by atoms with Crippen molar-refractivity contribution in [1.29, 1.82) is 0 Å². The average molecular weight is 286 g/mol. The van der Waals surface area contributed by atoms with Crippen molar-refractivity contribution >= 4 is 0 Å². The summed E-state index contributed by atoms with van der Waals surface area (Å²) >= 11 is 0. The lowest BCUT2D eigenvalue weighted by Crippen LogP contribution is -2.24. The fourth-order valence-electron chi connectivity index (χ4n) is 2.68. The second-order valence-electron chi connectivity index (χ2n) is 5.86. The van der Waals surface area contributed by atoms with Crippen LogP contribution in [-0.2, 0) is 11.3 Å². The molecule has 5 nitrogen and oxygen atoms in total. The van der Waals surface area contributed by atoms with Gasteiger partial charge in [0.05, 0.1) is 11.9 Å². The summed E-state index contributed by atoms with van der Waals surface area (Å²) in [6.07, 6.45) is 9.30. The Morgan fingerprint density at radius 3 is 3.00 bits per heavy atom. The zero-order chi connectivity index (χ0) is 14.5. The van der Waals surface area contributed by atoms with E-state index in [1.54, 1.807) is 13.3 Å². The summed E-state index contributed by atoms with van der Waals surface area (Å²) in [7, 11) is 1.77. The van der Waals surface area contributed by atoms with Crippen LogP contribution in [0.2, 0.25) is 0 Å². The van der Waals surface area contributed by atoms with Crippen molar-refractivity contribution in [3.8, 4) is 11.3 Å². The van der Waals surface area contributed by atoms with E-state index >= 15 is 0 Å². The van der Waals surface area contributed by atoms with Gasteiger partial charge >= 0.3 is 0 Å². The number of hydrogen-bond donors (Lipinski definition) is 2. The van der Waals surface area contributed by atoms with Crippen molar-refractivity contribution in [2.24, 2.45) is 5.41 Å². The zero-order valence-corrected chi connectivity index (χ0v) is 12.4. The smallest absolute Gasteiger partial charge is 0.0710 e. The maximum absolute atomic E-state index is 5.20. The molecule has 0 unspecified atom stereocenters. The SMILES string of the molecule is COCCC1(CNCc2cn[nH]c2-c2cccnc2)CC1. The largest absolute Gasteiger partial charge is 0.385 e. The fourth-order valence-corrected chi connectivity index (χ4v) is 2.68. The number of hydrogen-bond acceptors (Lipinski definition) is 4. The minimum Gasteiger partial charge on any atom is -0.385 e. The average Bonchev–Trinajstić information content (AvgIpc) is 3.14. The zero-order valence-electron chi connectivity index (χ0n) is 12.4. The van der Waals surface area contributed by atoms with Crippen LogP contribution in [0.25, 0.3) is 11.3 Å². The molecule has 0 spiro atoms. The van der Waals surface area contributed by atoms with E-state index in [0.29, 0.717) is 5.41 Å². The van der Waals surface area contributed by atoms with Crippen LogP contribution in [-0.4, -0.2) is 35.4 Å². The van der Waals surface area contributed by atoms with Crippen molar-refractivity contribution in [3.05, 3.63) is 36.3 Å². The van der Waals surface area contributed by atoms with Crippen LogP contribution in [0.3, 0.4) is 0 Å². The Balaban J connectivity index is 1.56. The lowest BCUT2D eigenvalue weighted by Gasteiger charge is -2.15. The summed E-state index contributed by atoms with van der Waals surface area (Å²) < 4.78 is 5.20. The monoisotopic (exact) mass is 286 g/mol. The Morgan fingerprint density at radius 2 is 2.29 bits per heavy atom. The van der Waals surface area contributed by atoms with Gasteiger partial charge in [0.1, 0.15) is 0 Å². The van der Waals surface area contributed by atoms with E-state index < -0.39 is 0 Å². The minimum atomic E-state index is 0.466. The van der Waals surface area contributed by atoms with Gasteiger partial charge in [-0.3, -0.25) is 10.1 Å². The third-order valence-corrected chi connectivity index (χ3v) is 4.28. The summed E-state index contributed by atoms with van der Waals surface area (Å²) in [4.78, 5) is 4.16. The van der Waals surface area contributed by atoms with Crippen LogP contribution in [0.1, 0.15) is 24.8 Å².